The maximum absolute atomic E-state index is 12.3. The standard InChI is InChI=1S/C21H27N3O4/c25-15-19(21(27)22-7-8-24-9-11-28-12-10-24)23-20(26)14-16-5-6-17-3-1-2-4-18(17)13-16/h1-6,13,19,25H,7-12,14-15H2,(H,22,27)(H,23,26). The molecule has 2 aromatic carbocycles. The van der Waals surface area contributed by atoms with Crippen molar-refractivity contribution < 1.29 is 19.4 Å². The quantitative estimate of drug-likeness (QED) is 0.608. The van der Waals surface area contributed by atoms with Crippen LogP contribution in [0, 0.1) is 0 Å². The van der Waals surface area contributed by atoms with E-state index in [-0.39, 0.29) is 18.2 Å². The fourth-order valence-corrected chi connectivity index (χ4v) is 3.26. The van der Waals surface area contributed by atoms with E-state index in [1.54, 1.807) is 0 Å². The minimum atomic E-state index is -0.947. The Morgan fingerprint density at radius 1 is 1.11 bits per heavy atom. The lowest BCUT2D eigenvalue weighted by Gasteiger charge is -2.26. The molecule has 1 aliphatic rings. The fraction of sp³-hybridized carbons (Fsp3) is 0.429. The molecule has 1 atom stereocenters. The molecule has 28 heavy (non-hydrogen) atoms. The van der Waals surface area contributed by atoms with Crippen molar-refractivity contribution in [2.45, 2.75) is 12.5 Å². The van der Waals surface area contributed by atoms with Crippen molar-refractivity contribution in [1.29, 1.82) is 0 Å². The number of amides is 2. The van der Waals surface area contributed by atoms with Gasteiger partial charge in [0.25, 0.3) is 0 Å². The van der Waals surface area contributed by atoms with Crippen LogP contribution in [-0.4, -0.2) is 73.9 Å². The summed E-state index contributed by atoms with van der Waals surface area (Å²) in [4.78, 5) is 26.8. The van der Waals surface area contributed by atoms with Gasteiger partial charge in [-0.25, -0.2) is 0 Å². The van der Waals surface area contributed by atoms with Gasteiger partial charge in [-0.3, -0.25) is 14.5 Å². The highest BCUT2D eigenvalue weighted by molar-refractivity contribution is 5.89. The highest BCUT2D eigenvalue weighted by Crippen LogP contribution is 2.15. The molecule has 0 saturated carbocycles. The van der Waals surface area contributed by atoms with E-state index >= 15 is 0 Å². The van der Waals surface area contributed by atoms with Crippen molar-refractivity contribution in [3.05, 3.63) is 48.0 Å². The first-order valence-corrected chi connectivity index (χ1v) is 9.61. The maximum atomic E-state index is 12.3. The summed E-state index contributed by atoms with van der Waals surface area (Å²) in [5.41, 5.74) is 0.862. The summed E-state index contributed by atoms with van der Waals surface area (Å²) in [5, 5.41) is 17.1. The summed E-state index contributed by atoms with van der Waals surface area (Å²) < 4.78 is 5.29. The molecule has 0 aromatic heterocycles. The van der Waals surface area contributed by atoms with Gasteiger partial charge < -0.3 is 20.5 Å². The summed E-state index contributed by atoms with van der Waals surface area (Å²) >= 11 is 0. The van der Waals surface area contributed by atoms with Crippen LogP contribution >= 0.6 is 0 Å². The zero-order chi connectivity index (χ0) is 19.8. The Morgan fingerprint density at radius 3 is 2.61 bits per heavy atom. The topological polar surface area (TPSA) is 90.9 Å². The number of carbonyl (C=O) groups is 2. The lowest BCUT2D eigenvalue weighted by Crippen LogP contribution is -2.51. The van der Waals surface area contributed by atoms with Crippen molar-refractivity contribution in [3.63, 3.8) is 0 Å². The van der Waals surface area contributed by atoms with Gasteiger partial charge >= 0.3 is 0 Å². The van der Waals surface area contributed by atoms with Gasteiger partial charge in [0.05, 0.1) is 26.2 Å². The van der Waals surface area contributed by atoms with Crippen LogP contribution in [0.1, 0.15) is 5.56 Å². The van der Waals surface area contributed by atoms with Crippen molar-refractivity contribution in [3.8, 4) is 0 Å². The molecule has 0 bridgehead atoms. The van der Waals surface area contributed by atoms with Crippen LogP contribution in [0.5, 0.6) is 0 Å². The van der Waals surface area contributed by atoms with Gasteiger partial charge in [0.1, 0.15) is 6.04 Å². The Labute approximate surface area is 164 Å². The Bertz CT molecular complexity index is 805. The Balaban J connectivity index is 1.46. The molecular weight excluding hydrogens is 358 g/mol. The van der Waals surface area contributed by atoms with Crippen molar-refractivity contribution in [2.24, 2.45) is 0 Å². The number of nitrogens with one attached hydrogen (secondary N) is 2. The highest BCUT2D eigenvalue weighted by Gasteiger charge is 2.20. The van der Waals surface area contributed by atoms with Gasteiger partial charge in [-0.05, 0) is 16.3 Å². The minimum Gasteiger partial charge on any atom is -0.394 e. The second kappa shape index (κ2) is 10.2. The van der Waals surface area contributed by atoms with Crippen molar-refractivity contribution in [2.75, 3.05) is 46.0 Å². The van der Waals surface area contributed by atoms with Gasteiger partial charge in [-0.1, -0.05) is 42.5 Å². The minimum absolute atomic E-state index is 0.155. The predicted molar refractivity (Wildman–Crippen MR) is 107 cm³/mol. The molecule has 1 saturated heterocycles. The summed E-state index contributed by atoms with van der Waals surface area (Å²) in [7, 11) is 0. The summed E-state index contributed by atoms with van der Waals surface area (Å²) in [6.45, 7) is 3.86. The molecule has 3 rings (SSSR count). The molecule has 3 N–H and O–H groups in total. The maximum Gasteiger partial charge on any atom is 0.245 e. The molecule has 0 radical (unpaired) electrons. The number of aliphatic hydroxyl groups is 1. The van der Waals surface area contributed by atoms with Crippen LogP contribution in [0.2, 0.25) is 0 Å². The summed E-state index contributed by atoms with van der Waals surface area (Å²) in [6, 6.07) is 12.8. The molecular formula is C21H27N3O4. The SMILES string of the molecule is O=C(Cc1ccc2ccccc2c1)NC(CO)C(=O)NCCN1CCOCC1. The van der Waals surface area contributed by atoms with E-state index in [1.165, 1.54) is 0 Å². The van der Waals surface area contributed by atoms with Crippen LogP contribution in [0.15, 0.2) is 42.5 Å². The lowest BCUT2D eigenvalue weighted by molar-refractivity contribution is -0.129. The second-order valence-electron chi connectivity index (χ2n) is 6.91. The lowest BCUT2D eigenvalue weighted by atomic mass is 10.0. The van der Waals surface area contributed by atoms with Crippen LogP contribution in [0.4, 0.5) is 0 Å². The van der Waals surface area contributed by atoms with Gasteiger partial charge in [-0.2, -0.15) is 0 Å². The van der Waals surface area contributed by atoms with Gasteiger partial charge in [0.15, 0.2) is 0 Å². The highest BCUT2D eigenvalue weighted by atomic mass is 16.5. The molecule has 1 aliphatic heterocycles. The number of fused-ring (bicyclic) bond motifs is 1. The van der Waals surface area contributed by atoms with Gasteiger partial charge in [0.2, 0.25) is 11.8 Å². The average molecular weight is 385 g/mol. The van der Waals surface area contributed by atoms with Crippen LogP contribution < -0.4 is 10.6 Å². The molecule has 1 heterocycles. The first kappa shape index (κ1) is 20.3. The monoisotopic (exact) mass is 385 g/mol. The largest absolute Gasteiger partial charge is 0.394 e. The third-order valence-corrected chi connectivity index (χ3v) is 4.84. The average Bonchev–Trinajstić information content (AvgIpc) is 2.72. The van der Waals surface area contributed by atoms with Crippen molar-refractivity contribution in [1.82, 2.24) is 15.5 Å². The van der Waals surface area contributed by atoms with E-state index in [1.807, 2.05) is 42.5 Å². The molecule has 2 amide bonds. The number of aliphatic hydroxyl groups excluding tert-OH is 1. The third kappa shape index (κ3) is 5.76. The van der Waals surface area contributed by atoms with E-state index in [0.29, 0.717) is 19.8 Å². The first-order valence-electron chi connectivity index (χ1n) is 9.61. The van der Waals surface area contributed by atoms with E-state index in [0.717, 1.165) is 36.0 Å². The predicted octanol–water partition coefficient (Wildman–Crippen LogP) is 0.308. The molecule has 1 unspecified atom stereocenters. The molecule has 150 valence electrons. The van der Waals surface area contributed by atoms with Crippen LogP contribution in [0.25, 0.3) is 10.8 Å². The van der Waals surface area contributed by atoms with Crippen LogP contribution in [0.3, 0.4) is 0 Å². The molecule has 0 spiro atoms. The molecule has 1 fully saturated rings. The van der Waals surface area contributed by atoms with E-state index in [9.17, 15) is 14.7 Å². The van der Waals surface area contributed by atoms with Crippen molar-refractivity contribution >= 4 is 22.6 Å². The first-order chi connectivity index (χ1) is 13.7. The van der Waals surface area contributed by atoms with Gasteiger partial charge in [0, 0.05) is 26.2 Å². The summed E-state index contributed by atoms with van der Waals surface area (Å²) in [5.74, 6) is -0.666. The fourth-order valence-electron chi connectivity index (χ4n) is 3.26. The van der Waals surface area contributed by atoms with E-state index < -0.39 is 12.6 Å². The number of morpholine rings is 1. The summed E-state index contributed by atoms with van der Waals surface area (Å²) in [6.07, 6.45) is 0.155. The molecule has 7 heteroatoms. The number of nitrogens with zero attached hydrogens (tertiary/aromatic N) is 1. The number of hydrogen-bond acceptors (Lipinski definition) is 5. The number of benzene rings is 2. The second-order valence-corrected chi connectivity index (χ2v) is 6.91. The van der Waals surface area contributed by atoms with E-state index in [4.69, 9.17) is 4.74 Å². The zero-order valence-electron chi connectivity index (χ0n) is 15.9. The Morgan fingerprint density at radius 2 is 1.86 bits per heavy atom. The Hall–Kier alpha value is -2.48. The molecule has 2 aromatic rings. The molecule has 0 aliphatic carbocycles. The number of carbonyl (C=O) groups excluding carboxylic acids is 2. The number of rotatable bonds is 8. The van der Waals surface area contributed by atoms with Crippen LogP contribution in [-0.2, 0) is 20.7 Å². The molecule has 7 nitrogen and oxygen atoms in total. The number of hydrogen-bond donors (Lipinski definition) is 3. The number of ether oxygens (including phenoxy) is 1. The van der Waals surface area contributed by atoms with Gasteiger partial charge in [-0.15, -0.1) is 0 Å². The zero-order valence-corrected chi connectivity index (χ0v) is 15.9. The Kier molecular flexibility index (Phi) is 7.36. The smallest absolute Gasteiger partial charge is 0.245 e. The third-order valence-electron chi connectivity index (χ3n) is 4.84. The van der Waals surface area contributed by atoms with E-state index in [2.05, 4.69) is 15.5 Å². The normalized spacial score (nSPS) is 15.9.